The van der Waals surface area contributed by atoms with Gasteiger partial charge in [-0.2, -0.15) is 0 Å². The summed E-state index contributed by atoms with van der Waals surface area (Å²) in [5.74, 6) is -3.07. The van der Waals surface area contributed by atoms with E-state index < -0.39 is 44.9 Å². The zero-order valence-electron chi connectivity index (χ0n) is 16.9. The van der Waals surface area contributed by atoms with Gasteiger partial charge in [0.15, 0.2) is 0 Å². The van der Waals surface area contributed by atoms with Gasteiger partial charge in [-0.3, -0.25) is 61.1 Å². The topological polar surface area (TPSA) is 203 Å². The second-order valence-corrected chi connectivity index (χ2v) is 6.41. The zero-order chi connectivity index (χ0) is 24.4. The fourth-order valence-electron chi connectivity index (χ4n) is 2.57. The standard InChI is InChI=1S/C19H18N6O8/c26-16(20-22-18(28)12-6-1-3-8-14(12)24(30)31)10-5-11-17(27)21-23-19(29)13-7-2-4-9-15(13)25(32)33/h1-4,6-9H,5,10-11H2,(H,20,26)(H,21,27)(H,22,28)(H,23,29). The number of hydrogen-bond acceptors (Lipinski definition) is 8. The number of para-hydroxylation sites is 2. The molecule has 4 N–H and O–H groups in total. The van der Waals surface area contributed by atoms with Gasteiger partial charge >= 0.3 is 0 Å². The minimum Gasteiger partial charge on any atom is -0.273 e. The van der Waals surface area contributed by atoms with Crippen LogP contribution in [0.25, 0.3) is 0 Å². The predicted molar refractivity (Wildman–Crippen MR) is 111 cm³/mol. The summed E-state index contributed by atoms with van der Waals surface area (Å²) in [5.41, 5.74) is 6.93. The van der Waals surface area contributed by atoms with Crippen molar-refractivity contribution in [3.63, 3.8) is 0 Å². The normalized spacial score (nSPS) is 9.94. The molecule has 0 aliphatic rings. The third kappa shape index (κ3) is 7.09. The van der Waals surface area contributed by atoms with Crippen molar-refractivity contribution >= 4 is 35.0 Å². The van der Waals surface area contributed by atoms with E-state index in [0.717, 1.165) is 12.1 Å². The highest BCUT2D eigenvalue weighted by molar-refractivity contribution is 5.99. The fourth-order valence-corrected chi connectivity index (χ4v) is 2.57. The van der Waals surface area contributed by atoms with Gasteiger partial charge in [0.05, 0.1) is 9.85 Å². The molecule has 0 heterocycles. The van der Waals surface area contributed by atoms with Crippen LogP contribution in [0.3, 0.4) is 0 Å². The van der Waals surface area contributed by atoms with Crippen molar-refractivity contribution in [2.24, 2.45) is 0 Å². The van der Waals surface area contributed by atoms with Crippen molar-refractivity contribution in [1.82, 2.24) is 21.7 Å². The third-order valence-corrected chi connectivity index (χ3v) is 4.13. The van der Waals surface area contributed by atoms with Gasteiger partial charge in [-0.15, -0.1) is 0 Å². The minimum absolute atomic E-state index is 0.0420. The van der Waals surface area contributed by atoms with Gasteiger partial charge in [-0.25, -0.2) is 0 Å². The van der Waals surface area contributed by atoms with Crippen LogP contribution < -0.4 is 21.7 Å². The summed E-state index contributed by atoms with van der Waals surface area (Å²) >= 11 is 0. The Morgan fingerprint density at radius 3 is 1.36 bits per heavy atom. The van der Waals surface area contributed by atoms with Crippen LogP contribution in [0.4, 0.5) is 11.4 Å². The van der Waals surface area contributed by atoms with Crippen LogP contribution in [0, 0.1) is 20.2 Å². The largest absolute Gasteiger partial charge is 0.282 e. The van der Waals surface area contributed by atoms with Crippen LogP contribution in [0.2, 0.25) is 0 Å². The van der Waals surface area contributed by atoms with Crippen molar-refractivity contribution in [2.45, 2.75) is 19.3 Å². The summed E-state index contributed by atoms with van der Waals surface area (Å²) in [6, 6.07) is 10.4. The first kappa shape index (κ1) is 24.4. The van der Waals surface area contributed by atoms with Crippen LogP contribution in [0.15, 0.2) is 48.5 Å². The number of carbonyl (C=O) groups excluding carboxylic acids is 4. The maximum absolute atomic E-state index is 12.0. The SMILES string of the molecule is O=C(CCCC(=O)NNC(=O)c1ccccc1[N+](=O)[O-])NNC(=O)c1ccccc1[N+](=O)[O-]. The number of nitrogens with zero attached hydrogens (tertiary/aromatic N) is 2. The van der Waals surface area contributed by atoms with Crippen LogP contribution in [-0.2, 0) is 9.59 Å². The van der Waals surface area contributed by atoms with Gasteiger partial charge < -0.3 is 0 Å². The van der Waals surface area contributed by atoms with E-state index >= 15 is 0 Å². The van der Waals surface area contributed by atoms with Crippen molar-refractivity contribution in [3.05, 3.63) is 79.9 Å². The second-order valence-electron chi connectivity index (χ2n) is 6.41. The number of benzene rings is 2. The molecule has 0 aliphatic heterocycles. The van der Waals surface area contributed by atoms with E-state index in [1.54, 1.807) is 0 Å². The number of carbonyl (C=O) groups is 4. The van der Waals surface area contributed by atoms with Gasteiger partial charge in [-0.1, -0.05) is 24.3 Å². The van der Waals surface area contributed by atoms with E-state index in [2.05, 4.69) is 10.9 Å². The average Bonchev–Trinajstić information content (AvgIpc) is 2.80. The zero-order valence-corrected chi connectivity index (χ0v) is 16.9. The molecule has 0 saturated carbocycles. The lowest BCUT2D eigenvalue weighted by Gasteiger charge is -2.09. The Morgan fingerprint density at radius 1 is 0.636 bits per heavy atom. The molecule has 172 valence electrons. The maximum atomic E-state index is 12.0. The van der Waals surface area contributed by atoms with Gasteiger partial charge in [0, 0.05) is 25.0 Å². The first-order valence-corrected chi connectivity index (χ1v) is 9.36. The van der Waals surface area contributed by atoms with E-state index in [-0.39, 0.29) is 30.4 Å². The fraction of sp³-hybridized carbons (Fsp3) is 0.158. The number of hydrogen-bond donors (Lipinski definition) is 4. The number of nitro benzene ring substituents is 2. The Labute approximate surface area is 185 Å². The molecule has 0 bridgehead atoms. The molecule has 0 aliphatic carbocycles. The summed E-state index contributed by atoms with van der Waals surface area (Å²) < 4.78 is 0. The van der Waals surface area contributed by atoms with Crippen molar-refractivity contribution in [1.29, 1.82) is 0 Å². The van der Waals surface area contributed by atoms with Crippen molar-refractivity contribution in [3.8, 4) is 0 Å². The smallest absolute Gasteiger partial charge is 0.273 e. The molecule has 0 unspecified atom stereocenters. The number of hydrazine groups is 2. The highest BCUT2D eigenvalue weighted by atomic mass is 16.6. The highest BCUT2D eigenvalue weighted by Gasteiger charge is 2.20. The van der Waals surface area contributed by atoms with Gasteiger partial charge in [0.2, 0.25) is 11.8 Å². The van der Waals surface area contributed by atoms with Crippen LogP contribution in [0.1, 0.15) is 40.0 Å². The molecule has 0 aromatic heterocycles. The van der Waals surface area contributed by atoms with E-state index in [1.165, 1.54) is 36.4 Å². The molecule has 2 rings (SSSR count). The molecule has 2 aromatic carbocycles. The molecule has 33 heavy (non-hydrogen) atoms. The van der Waals surface area contributed by atoms with Gasteiger partial charge in [0.1, 0.15) is 11.1 Å². The summed E-state index contributed by atoms with van der Waals surface area (Å²) in [6.07, 6.45) is -0.314. The van der Waals surface area contributed by atoms with Crippen LogP contribution in [0.5, 0.6) is 0 Å². The van der Waals surface area contributed by atoms with E-state index in [0.29, 0.717) is 0 Å². The summed E-state index contributed by atoms with van der Waals surface area (Å²) in [6.45, 7) is 0. The van der Waals surface area contributed by atoms with Crippen molar-refractivity contribution in [2.75, 3.05) is 0 Å². The molecule has 2 aromatic rings. The molecule has 0 spiro atoms. The molecule has 0 radical (unpaired) electrons. The van der Waals surface area contributed by atoms with E-state index in [4.69, 9.17) is 0 Å². The van der Waals surface area contributed by atoms with E-state index in [1.807, 2.05) is 10.9 Å². The molecule has 0 saturated heterocycles. The summed E-state index contributed by atoms with van der Waals surface area (Å²) in [7, 11) is 0. The molecular formula is C19H18N6O8. The predicted octanol–water partition coefficient (Wildman–Crippen LogP) is 0.896. The first-order chi connectivity index (χ1) is 15.7. The van der Waals surface area contributed by atoms with Gasteiger partial charge in [0.25, 0.3) is 23.2 Å². The van der Waals surface area contributed by atoms with Gasteiger partial charge in [-0.05, 0) is 18.6 Å². The Morgan fingerprint density at radius 2 is 1.00 bits per heavy atom. The minimum atomic E-state index is -0.883. The highest BCUT2D eigenvalue weighted by Crippen LogP contribution is 2.17. The number of nitrogens with one attached hydrogen (secondary N) is 4. The second kappa shape index (κ2) is 11.5. The van der Waals surface area contributed by atoms with E-state index in [9.17, 15) is 39.4 Å². The lowest BCUT2D eigenvalue weighted by Crippen LogP contribution is -2.42. The quantitative estimate of drug-likeness (QED) is 0.330. The molecular weight excluding hydrogens is 440 g/mol. The van der Waals surface area contributed by atoms with Crippen LogP contribution in [-0.4, -0.2) is 33.5 Å². The first-order valence-electron chi connectivity index (χ1n) is 9.36. The lowest BCUT2D eigenvalue weighted by atomic mass is 10.2. The monoisotopic (exact) mass is 458 g/mol. The summed E-state index contributed by atoms with van der Waals surface area (Å²) in [4.78, 5) is 68.0. The number of nitro groups is 2. The van der Waals surface area contributed by atoms with Crippen LogP contribution >= 0.6 is 0 Å². The lowest BCUT2D eigenvalue weighted by molar-refractivity contribution is -0.385. The Bertz CT molecular complexity index is 1020. The Balaban J connectivity index is 1.73. The summed E-state index contributed by atoms with van der Waals surface area (Å²) in [5, 5.41) is 21.9. The Hall–Kier alpha value is -4.88. The average molecular weight is 458 g/mol. The third-order valence-electron chi connectivity index (χ3n) is 4.13. The molecule has 0 fully saturated rings. The molecule has 4 amide bonds. The number of amides is 4. The number of rotatable bonds is 8. The van der Waals surface area contributed by atoms with Crippen molar-refractivity contribution < 1.29 is 29.0 Å². The molecule has 0 atom stereocenters. The molecule has 14 heteroatoms. The maximum Gasteiger partial charge on any atom is 0.282 e. The Kier molecular flexibility index (Phi) is 8.50. The molecule has 14 nitrogen and oxygen atoms in total.